The first-order chi connectivity index (χ1) is 16.1. The molecule has 1 amide bonds. The average molecular weight is 470 g/mol. The maximum absolute atomic E-state index is 14.6. The van der Waals surface area contributed by atoms with Gasteiger partial charge in [0, 0.05) is 18.3 Å². The molecule has 178 valence electrons. The molecule has 0 spiro atoms. The number of pyridine rings is 2. The van der Waals surface area contributed by atoms with Crippen LogP contribution in [-0.4, -0.2) is 21.9 Å². The third-order valence-corrected chi connectivity index (χ3v) is 6.17. The van der Waals surface area contributed by atoms with Gasteiger partial charge in [-0.3, -0.25) is 9.78 Å². The van der Waals surface area contributed by atoms with Gasteiger partial charge in [0.05, 0.1) is 23.1 Å². The zero-order valence-electron chi connectivity index (χ0n) is 18.9. The molecule has 2 aromatic heterocycles. The van der Waals surface area contributed by atoms with Gasteiger partial charge >= 0.3 is 0 Å². The van der Waals surface area contributed by atoms with Crippen molar-refractivity contribution in [3.8, 4) is 11.3 Å². The van der Waals surface area contributed by atoms with Crippen LogP contribution >= 0.6 is 0 Å². The molecule has 5 N–H and O–H groups in total. The Morgan fingerprint density at radius 1 is 1.09 bits per heavy atom. The second-order valence-electron chi connectivity index (χ2n) is 9.05. The van der Waals surface area contributed by atoms with E-state index in [-0.39, 0.29) is 23.3 Å². The normalized spacial score (nSPS) is 20.2. The molecule has 1 aliphatic rings. The van der Waals surface area contributed by atoms with Crippen LogP contribution in [0.5, 0.6) is 0 Å². The minimum atomic E-state index is -1.04. The molecule has 1 aliphatic carbocycles. The van der Waals surface area contributed by atoms with Gasteiger partial charge in [-0.2, -0.15) is 0 Å². The smallest absolute Gasteiger partial charge is 0.276 e. The summed E-state index contributed by atoms with van der Waals surface area (Å²) in [4.78, 5) is 21.1. The lowest BCUT2D eigenvalue weighted by atomic mass is 9.76. The predicted molar refractivity (Wildman–Crippen MR) is 125 cm³/mol. The molecule has 0 aliphatic heterocycles. The van der Waals surface area contributed by atoms with Gasteiger partial charge in [0.15, 0.2) is 11.5 Å². The van der Waals surface area contributed by atoms with Gasteiger partial charge in [-0.1, -0.05) is 6.92 Å². The van der Waals surface area contributed by atoms with Crippen LogP contribution in [0, 0.1) is 30.3 Å². The van der Waals surface area contributed by atoms with Crippen molar-refractivity contribution >= 4 is 17.3 Å². The molecule has 4 rings (SSSR count). The van der Waals surface area contributed by atoms with Crippen LogP contribution in [0.2, 0.25) is 0 Å². The molecule has 2 heterocycles. The van der Waals surface area contributed by atoms with E-state index in [4.69, 9.17) is 11.5 Å². The molecular weight excluding hydrogens is 443 g/mol. The second kappa shape index (κ2) is 9.42. The molecule has 6 nitrogen and oxygen atoms in total. The lowest BCUT2D eigenvalue weighted by Gasteiger charge is -2.32. The van der Waals surface area contributed by atoms with Crippen LogP contribution in [0.15, 0.2) is 36.7 Å². The molecule has 34 heavy (non-hydrogen) atoms. The average Bonchev–Trinajstić information content (AvgIpc) is 2.74. The number of aryl methyl sites for hydroxylation is 1. The van der Waals surface area contributed by atoms with Crippen molar-refractivity contribution in [2.24, 2.45) is 11.7 Å². The standard InChI is InChI=1S/C25H26F3N5O/c1-12-5-14(9-15(29)6-12)16-3-4-31-11-21(16)32-25(34)24-20(30)10-19(28)23(33-24)22-17(26)7-13(2)8-18(22)27/h3-4,7-8,10-12,14-15H,5-6,9,29-30H2,1-2H3,(H,32,34)/t12-,14+,15-/m0/s1. The van der Waals surface area contributed by atoms with E-state index in [2.05, 4.69) is 22.2 Å². The fourth-order valence-corrected chi connectivity index (χ4v) is 4.74. The quantitative estimate of drug-likeness (QED) is 0.502. The summed E-state index contributed by atoms with van der Waals surface area (Å²) < 4.78 is 43.6. The molecule has 3 atom stereocenters. The second-order valence-corrected chi connectivity index (χ2v) is 9.05. The fourth-order valence-electron chi connectivity index (χ4n) is 4.74. The number of aromatic nitrogens is 2. The molecule has 1 fully saturated rings. The summed E-state index contributed by atoms with van der Waals surface area (Å²) >= 11 is 0. The summed E-state index contributed by atoms with van der Waals surface area (Å²) in [6.07, 6.45) is 5.77. The largest absolute Gasteiger partial charge is 0.397 e. The van der Waals surface area contributed by atoms with Crippen molar-refractivity contribution in [1.29, 1.82) is 0 Å². The summed E-state index contributed by atoms with van der Waals surface area (Å²) in [5.41, 5.74) is 11.8. The number of halogens is 3. The summed E-state index contributed by atoms with van der Waals surface area (Å²) in [6.45, 7) is 3.65. The number of hydrogen-bond acceptors (Lipinski definition) is 5. The Labute approximate surface area is 195 Å². The van der Waals surface area contributed by atoms with Gasteiger partial charge < -0.3 is 16.8 Å². The van der Waals surface area contributed by atoms with Gasteiger partial charge in [0.25, 0.3) is 5.91 Å². The number of carbonyl (C=O) groups is 1. The van der Waals surface area contributed by atoms with E-state index in [9.17, 15) is 18.0 Å². The Bertz CT molecular complexity index is 1220. The van der Waals surface area contributed by atoms with Crippen molar-refractivity contribution in [3.05, 3.63) is 70.9 Å². The zero-order valence-corrected chi connectivity index (χ0v) is 18.9. The first-order valence-electron chi connectivity index (χ1n) is 11.1. The first-order valence-corrected chi connectivity index (χ1v) is 11.1. The molecule has 9 heteroatoms. The van der Waals surface area contributed by atoms with E-state index < -0.39 is 34.6 Å². The Balaban J connectivity index is 1.69. The molecule has 0 bridgehead atoms. The van der Waals surface area contributed by atoms with Crippen LogP contribution in [0.3, 0.4) is 0 Å². The summed E-state index contributed by atoms with van der Waals surface area (Å²) in [5.74, 6) is -3.20. The third kappa shape index (κ3) is 4.75. The van der Waals surface area contributed by atoms with Crippen LogP contribution in [0.25, 0.3) is 11.3 Å². The minimum absolute atomic E-state index is 0.0572. The third-order valence-electron chi connectivity index (χ3n) is 6.17. The monoisotopic (exact) mass is 469 g/mol. The number of amides is 1. The van der Waals surface area contributed by atoms with E-state index in [0.29, 0.717) is 17.2 Å². The number of nitrogen functional groups attached to an aromatic ring is 1. The maximum Gasteiger partial charge on any atom is 0.276 e. The molecule has 0 radical (unpaired) electrons. The van der Waals surface area contributed by atoms with E-state index in [1.807, 2.05) is 6.07 Å². The highest BCUT2D eigenvalue weighted by Crippen LogP contribution is 2.38. The Morgan fingerprint density at radius 2 is 1.79 bits per heavy atom. The first kappa shape index (κ1) is 23.7. The van der Waals surface area contributed by atoms with Crippen LogP contribution in [0.1, 0.15) is 53.7 Å². The van der Waals surface area contributed by atoms with Gasteiger partial charge in [0.1, 0.15) is 17.3 Å². The number of carbonyl (C=O) groups excluding carboxylic acids is 1. The summed E-state index contributed by atoms with van der Waals surface area (Å²) in [5, 5.41) is 2.74. The Hall–Kier alpha value is -3.46. The van der Waals surface area contributed by atoms with Crippen molar-refractivity contribution in [3.63, 3.8) is 0 Å². The zero-order chi connectivity index (χ0) is 24.6. The number of nitrogens with zero attached hydrogens (tertiary/aromatic N) is 2. The number of nitrogens with two attached hydrogens (primary N) is 2. The van der Waals surface area contributed by atoms with E-state index in [0.717, 1.165) is 43.0 Å². The predicted octanol–water partition coefficient (Wildman–Crippen LogP) is 4.93. The minimum Gasteiger partial charge on any atom is -0.397 e. The molecule has 1 aromatic carbocycles. The molecular formula is C25H26F3N5O. The highest BCUT2D eigenvalue weighted by Gasteiger charge is 2.28. The highest BCUT2D eigenvalue weighted by atomic mass is 19.1. The van der Waals surface area contributed by atoms with Crippen molar-refractivity contribution in [1.82, 2.24) is 9.97 Å². The van der Waals surface area contributed by atoms with Crippen molar-refractivity contribution in [2.75, 3.05) is 11.1 Å². The number of rotatable bonds is 4. The fraction of sp³-hybridized carbons (Fsp3) is 0.320. The number of benzene rings is 1. The summed E-state index contributed by atoms with van der Waals surface area (Å²) in [6, 6.07) is 4.85. The van der Waals surface area contributed by atoms with Gasteiger partial charge in [0.2, 0.25) is 0 Å². The lowest BCUT2D eigenvalue weighted by molar-refractivity contribution is 0.102. The number of nitrogens with one attached hydrogen (secondary N) is 1. The van der Waals surface area contributed by atoms with Gasteiger partial charge in [-0.25, -0.2) is 18.2 Å². The van der Waals surface area contributed by atoms with Crippen molar-refractivity contribution < 1.29 is 18.0 Å². The SMILES string of the molecule is Cc1cc(F)c(-c2nc(C(=O)Nc3cnccc3[C@@H]3C[C@H](C)C[C@H](N)C3)c(N)cc2F)c(F)c1. The highest BCUT2D eigenvalue weighted by molar-refractivity contribution is 6.07. The van der Waals surface area contributed by atoms with Crippen LogP contribution in [0.4, 0.5) is 24.5 Å². The molecule has 0 saturated heterocycles. The summed E-state index contributed by atoms with van der Waals surface area (Å²) in [7, 11) is 0. The maximum atomic E-state index is 14.6. The van der Waals surface area contributed by atoms with Gasteiger partial charge in [-0.15, -0.1) is 0 Å². The Morgan fingerprint density at radius 3 is 2.47 bits per heavy atom. The number of anilines is 2. The van der Waals surface area contributed by atoms with Crippen LogP contribution < -0.4 is 16.8 Å². The van der Waals surface area contributed by atoms with E-state index >= 15 is 0 Å². The Kier molecular flexibility index (Phi) is 6.56. The van der Waals surface area contributed by atoms with E-state index in [1.165, 1.54) is 13.1 Å². The number of hydrogen-bond donors (Lipinski definition) is 3. The molecule has 3 aromatic rings. The van der Waals surface area contributed by atoms with Crippen molar-refractivity contribution in [2.45, 2.75) is 45.1 Å². The molecule has 0 unspecified atom stereocenters. The lowest BCUT2D eigenvalue weighted by Crippen LogP contribution is -2.31. The molecule has 1 saturated carbocycles. The topological polar surface area (TPSA) is 107 Å². The van der Waals surface area contributed by atoms with Gasteiger partial charge in [-0.05, 0) is 67.3 Å². The van der Waals surface area contributed by atoms with E-state index in [1.54, 1.807) is 6.20 Å². The van der Waals surface area contributed by atoms with Crippen LogP contribution in [-0.2, 0) is 0 Å².